The molecule has 2 aromatic carbocycles. The number of halogens is 1. The molecule has 3 rings (SSSR count). The van der Waals surface area contributed by atoms with Crippen molar-refractivity contribution in [2.45, 2.75) is 25.8 Å². The first-order chi connectivity index (χ1) is 12.3. The van der Waals surface area contributed by atoms with Gasteiger partial charge in [-0.1, -0.05) is 36.4 Å². The Hall–Kier alpha value is -3.15. The predicted molar refractivity (Wildman–Crippen MR) is 104 cm³/mol. The van der Waals surface area contributed by atoms with Crippen LogP contribution in [0.25, 0.3) is 11.3 Å². The number of nitrogen functional groups attached to an aromatic ring is 2. The number of nitrogens with two attached hydrogens (primary N) is 2. The van der Waals surface area contributed by atoms with Crippen LogP contribution in [-0.2, 0) is 6.42 Å². The third kappa shape index (κ3) is 4.27. The van der Waals surface area contributed by atoms with Crippen molar-refractivity contribution in [2.24, 2.45) is 0 Å². The van der Waals surface area contributed by atoms with E-state index < -0.39 is 5.82 Å². The van der Waals surface area contributed by atoms with Crippen molar-refractivity contribution < 1.29 is 4.39 Å². The summed E-state index contributed by atoms with van der Waals surface area (Å²) in [5, 5.41) is 3.39. The van der Waals surface area contributed by atoms with E-state index >= 15 is 0 Å². The van der Waals surface area contributed by atoms with Gasteiger partial charge in [0.1, 0.15) is 11.6 Å². The minimum absolute atomic E-state index is 0.0955. The summed E-state index contributed by atoms with van der Waals surface area (Å²) in [6.45, 7) is 4.17. The Kier molecular flexibility index (Phi) is 4.75. The van der Waals surface area contributed by atoms with Crippen molar-refractivity contribution in [3.63, 3.8) is 0 Å². The van der Waals surface area contributed by atoms with E-state index in [4.69, 9.17) is 11.5 Å². The van der Waals surface area contributed by atoms with E-state index in [1.54, 1.807) is 12.1 Å². The van der Waals surface area contributed by atoms with Crippen molar-refractivity contribution in [1.82, 2.24) is 9.97 Å². The smallest absolute Gasteiger partial charge is 0.222 e. The van der Waals surface area contributed by atoms with Gasteiger partial charge in [-0.3, -0.25) is 0 Å². The number of nitrogens with one attached hydrogen (secondary N) is 1. The lowest BCUT2D eigenvalue weighted by molar-refractivity contribution is 0.561. The van der Waals surface area contributed by atoms with Gasteiger partial charge in [-0.05, 0) is 38.0 Å². The first-order valence-electron chi connectivity index (χ1n) is 8.34. The highest BCUT2D eigenvalue weighted by Crippen LogP contribution is 2.26. The molecule has 0 aliphatic carbocycles. The van der Waals surface area contributed by atoms with E-state index in [0.29, 0.717) is 17.1 Å². The van der Waals surface area contributed by atoms with E-state index in [2.05, 4.69) is 41.3 Å². The number of hydrogen-bond acceptors (Lipinski definition) is 5. The molecule has 1 heterocycles. The molecule has 0 amide bonds. The molecule has 0 radical (unpaired) electrons. The molecule has 0 saturated carbocycles. The molecule has 5 N–H and O–H groups in total. The van der Waals surface area contributed by atoms with Crippen LogP contribution in [0.15, 0.2) is 54.6 Å². The highest BCUT2D eigenvalue weighted by atomic mass is 19.1. The molecule has 134 valence electrons. The second-order valence-corrected chi connectivity index (χ2v) is 6.90. The zero-order valence-electron chi connectivity index (χ0n) is 14.8. The number of anilines is 3. The summed E-state index contributed by atoms with van der Waals surface area (Å²) in [5.41, 5.74) is 13.6. The third-order valence-corrected chi connectivity index (χ3v) is 4.00. The van der Waals surface area contributed by atoms with Gasteiger partial charge in [-0.2, -0.15) is 4.98 Å². The van der Waals surface area contributed by atoms with Crippen LogP contribution in [0, 0.1) is 5.82 Å². The summed E-state index contributed by atoms with van der Waals surface area (Å²) in [6, 6.07) is 16.5. The molecule has 26 heavy (non-hydrogen) atoms. The number of benzene rings is 2. The maximum absolute atomic E-state index is 13.8. The van der Waals surface area contributed by atoms with Crippen molar-refractivity contribution in [3.05, 3.63) is 66.0 Å². The predicted octanol–water partition coefficient (Wildman–Crippen LogP) is 3.88. The average molecular weight is 351 g/mol. The zero-order valence-corrected chi connectivity index (χ0v) is 14.8. The summed E-state index contributed by atoms with van der Waals surface area (Å²) >= 11 is 0. The molecule has 5 nitrogen and oxygen atoms in total. The molecule has 0 aliphatic heterocycles. The second-order valence-electron chi connectivity index (χ2n) is 6.90. The summed E-state index contributed by atoms with van der Waals surface area (Å²) in [4.78, 5) is 8.47. The Morgan fingerprint density at radius 1 is 1.00 bits per heavy atom. The highest BCUT2D eigenvalue weighted by molar-refractivity contribution is 5.66. The van der Waals surface area contributed by atoms with Crippen molar-refractivity contribution >= 4 is 17.5 Å². The normalized spacial score (nSPS) is 11.3. The average Bonchev–Trinajstić information content (AvgIpc) is 2.56. The van der Waals surface area contributed by atoms with Gasteiger partial charge in [0.15, 0.2) is 0 Å². The third-order valence-electron chi connectivity index (χ3n) is 4.00. The number of rotatable bonds is 5. The fourth-order valence-corrected chi connectivity index (χ4v) is 2.86. The zero-order chi connectivity index (χ0) is 18.7. The molecule has 0 spiro atoms. The van der Waals surface area contributed by atoms with Gasteiger partial charge in [-0.25, -0.2) is 9.37 Å². The lowest BCUT2D eigenvalue weighted by atomic mass is 9.95. The fraction of sp³-hybridized carbons (Fsp3) is 0.200. The van der Waals surface area contributed by atoms with Gasteiger partial charge >= 0.3 is 0 Å². The van der Waals surface area contributed by atoms with Crippen molar-refractivity contribution in [3.8, 4) is 11.3 Å². The van der Waals surface area contributed by atoms with Crippen molar-refractivity contribution in [2.75, 3.05) is 16.8 Å². The maximum atomic E-state index is 13.8. The molecule has 3 aromatic rings. The molecule has 0 fully saturated rings. The monoisotopic (exact) mass is 351 g/mol. The van der Waals surface area contributed by atoms with Crippen LogP contribution in [0.5, 0.6) is 0 Å². The Bertz CT molecular complexity index is 909. The maximum Gasteiger partial charge on any atom is 0.222 e. The van der Waals surface area contributed by atoms with E-state index in [9.17, 15) is 4.39 Å². The van der Waals surface area contributed by atoms with Gasteiger partial charge in [0.2, 0.25) is 5.95 Å². The highest BCUT2D eigenvalue weighted by Gasteiger charge is 2.19. The van der Waals surface area contributed by atoms with Crippen molar-refractivity contribution in [1.29, 1.82) is 0 Å². The quantitative estimate of drug-likeness (QED) is 0.607. The molecular weight excluding hydrogens is 329 g/mol. The molecule has 0 saturated heterocycles. The van der Waals surface area contributed by atoms with Crippen LogP contribution in [0.2, 0.25) is 0 Å². The summed E-state index contributed by atoms with van der Waals surface area (Å²) < 4.78 is 13.8. The summed E-state index contributed by atoms with van der Waals surface area (Å²) in [7, 11) is 0. The number of aromatic nitrogens is 2. The summed E-state index contributed by atoms with van der Waals surface area (Å²) in [5.74, 6) is 0.224. The van der Waals surface area contributed by atoms with Crippen LogP contribution >= 0.6 is 0 Å². The van der Waals surface area contributed by atoms with Gasteiger partial charge < -0.3 is 16.8 Å². The first kappa shape index (κ1) is 17.7. The molecule has 0 bridgehead atoms. The molecule has 0 unspecified atom stereocenters. The largest absolute Gasteiger partial charge is 0.396 e. The second kappa shape index (κ2) is 7.00. The standard InChI is InChI=1S/C20H22FN5/c1-20(2,12-13-6-4-3-5-7-13)26-18-11-17(24-19(23)25-18)14-8-9-16(22)15(21)10-14/h3-11H,12,22H2,1-2H3,(H3,23,24,25,26). The lowest BCUT2D eigenvalue weighted by Crippen LogP contribution is -2.34. The van der Waals surface area contributed by atoms with Crippen LogP contribution in [-0.4, -0.2) is 15.5 Å². The number of nitrogens with zero attached hydrogens (tertiary/aromatic N) is 2. The van der Waals surface area contributed by atoms with Gasteiger partial charge in [0.05, 0.1) is 11.4 Å². The lowest BCUT2D eigenvalue weighted by Gasteiger charge is -2.27. The fourth-order valence-electron chi connectivity index (χ4n) is 2.86. The molecule has 0 atom stereocenters. The van der Waals surface area contributed by atoms with E-state index in [1.807, 2.05) is 18.2 Å². The summed E-state index contributed by atoms with van der Waals surface area (Å²) in [6.07, 6.45) is 0.809. The Balaban J connectivity index is 1.86. The molecule has 0 aliphatic rings. The van der Waals surface area contributed by atoms with Gasteiger partial charge in [0.25, 0.3) is 0 Å². The minimum Gasteiger partial charge on any atom is -0.396 e. The molecular formula is C20H22FN5. The van der Waals surface area contributed by atoms with Gasteiger partial charge in [0, 0.05) is 17.2 Å². The number of hydrogen-bond donors (Lipinski definition) is 3. The molecule has 1 aromatic heterocycles. The van der Waals surface area contributed by atoms with Crippen LogP contribution in [0.1, 0.15) is 19.4 Å². The first-order valence-corrected chi connectivity index (χ1v) is 8.34. The Morgan fingerprint density at radius 3 is 2.42 bits per heavy atom. The van der Waals surface area contributed by atoms with E-state index in [1.165, 1.54) is 17.7 Å². The minimum atomic E-state index is -0.487. The van der Waals surface area contributed by atoms with Crippen LogP contribution < -0.4 is 16.8 Å². The molecule has 6 heteroatoms. The van der Waals surface area contributed by atoms with E-state index in [-0.39, 0.29) is 17.2 Å². The Labute approximate surface area is 152 Å². The topological polar surface area (TPSA) is 89.8 Å². The Morgan fingerprint density at radius 2 is 1.73 bits per heavy atom. The van der Waals surface area contributed by atoms with Gasteiger partial charge in [-0.15, -0.1) is 0 Å². The van der Waals surface area contributed by atoms with Crippen LogP contribution in [0.4, 0.5) is 21.8 Å². The van der Waals surface area contributed by atoms with E-state index in [0.717, 1.165) is 6.42 Å². The SMILES string of the molecule is CC(C)(Cc1ccccc1)Nc1cc(-c2ccc(N)c(F)c2)nc(N)n1. The van der Waals surface area contributed by atoms with Crippen LogP contribution in [0.3, 0.4) is 0 Å².